The SMILES string of the molecule is CCS(=O)(=O)OS(=O)OS(=O)(=O)CC. The van der Waals surface area contributed by atoms with Crippen molar-refractivity contribution in [2.24, 2.45) is 0 Å². The molecule has 0 atom stereocenters. The summed E-state index contributed by atoms with van der Waals surface area (Å²) < 4.78 is 61.2. The second-order valence-corrected chi connectivity index (χ2v) is 6.92. The summed E-state index contributed by atoms with van der Waals surface area (Å²) in [5.41, 5.74) is 0. The van der Waals surface area contributed by atoms with Crippen molar-refractivity contribution in [1.29, 1.82) is 0 Å². The van der Waals surface area contributed by atoms with Crippen molar-refractivity contribution >= 4 is 31.6 Å². The third kappa shape index (κ3) is 5.65. The van der Waals surface area contributed by atoms with E-state index in [4.69, 9.17) is 0 Å². The zero-order valence-corrected chi connectivity index (χ0v) is 9.95. The average Bonchev–Trinajstić information content (AvgIpc) is 2.02. The van der Waals surface area contributed by atoms with Crippen LogP contribution in [0.2, 0.25) is 0 Å². The molecule has 0 saturated carbocycles. The highest BCUT2D eigenvalue weighted by Crippen LogP contribution is 2.03. The first-order chi connectivity index (χ1) is 6.22. The van der Waals surface area contributed by atoms with E-state index in [1.54, 1.807) is 0 Å². The van der Waals surface area contributed by atoms with Gasteiger partial charge in [0, 0.05) is 0 Å². The average molecular weight is 266 g/mol. The first kappa shape index (κ1) is 14.0. The lowest BCUT2D eigenvalue weighted by atomic mass is 11.0. The van der Waals surface area contributed by atoms with E-state index in [2.05, 4.69) is 7.26 Å². The van der Waals surface area contributed by atoms with Crippen molar-refractivity contribution in [1.82, 2.24) is 0 Å². The van der Waals surface area contributed by atoms with E-state index < -0.39 is 43.1 Å². The Balaban J connectivity index is 4.42. The summed E-state index contributed by atoms with van der Waals surface area (Å²) in [6.07, 6.45) is 0. The summed E-state index contributed by atoms with van der Waals surface area (Å²) in [7, 11) is -7.98. The van der Waals surface area contributed by atoms with Gasteiger partial charge in [-0.05, 0) is 13.8 Å². The van der Waals surface area contributed by atoms with Crippen LogP contribution in [0.4, 0.5) is 0 Å². The number of hydrogen-bond acceptors (Lipinski definition) is 7. The minimum atomic E-state index is -3.99. The Morgan fingerprint density at radius 1 is 0.929 bits per heavy atom. The van der Waals surface area contributed by atoms with E-state index in [1.807, 2.05) is 0 Å². The molecule has 0 aliphatic carbocycles. The molecule has 0 heterocycles. The molecule has 0 aromatic rings. The van der Waals surface area contributed by atoms with E-state index >= 15 is 0 Å². The molecule has 0 spiro atoms. The van der Waals surface area contributed by atoms with E-state index in [0.29, 0.717) is 0 Å². The van der Waals surface area contributed by atoms with E-state index in [9.17, 15) is 21.0 Å². The van der Waals surface area contributed by atoms with Crippen LogP contribution >= 0.6 is 0 Å². The molecule has 14 heavy (non-hydrogen) atoms. The number of rotatable bonds is 6. The topological polar surface area (TPSA) is 104 Å². The maximum Gasteiger partial charge on any atom is 0.336 e. The van der Waals surface area contributed by atoms with Crippen LogP contribution in [0.3, 0.4) is 0 Å². The van der Waals surface area contributed by atoms with Crippen molar-refractivity contribution in [3.8, 4) is 0 Å². The smallest absolute Gasteiger partial charge is 0.198 e. The maximum absolute atomic E-state index is 10.7. The Labute approximate surface area is 85.5 Å². The van der Waals surface area contributed by atoms with Crippen LogP contribution < -0.4 is 0 Å². The zero-order valence-electron chi connectivity index (χ0n) is 7.50. The quantitative estimate of drug-likeness (QED) is 0.626. The summed E-state index contributed by atoms with van der Waals surface area (Å²) in [4.78, 5) is 0. The van der Waals surface area contributed by atoms with E-state index in [1.165, 1.54) is 13.8 Å². The molecule has 0 rings (SSSR count). The molecule has 0 amide bonds. The van der Waals surface area contributed by atoms with Crippen molar-refractivity contribution < 1.29 is 28.3 Å². The van der Waals surface area contributed by atoms with Crippen LogP contribution in [0.15, 0.2) is 0 Å². The largest absolute Gasteiger partial charge is 0.336 e. The van der Waals surface area contributed by atoms with Crippen LogP contribution in [0.1, 0.15) is 13.8 Å². The molecule has 0 N–H and O–H groups in total. The van der Waals surface area contributed by atoms with Crippen molar-refractivity contribution in [2.75, 3.05) is 11.5 Å². The first-order valence-corrected chi connectivity index (χ1v) is 7.65. The predicted octanol–water partition coefficient (Wildman–Crippen LogP) is -0.702. The van der Waals surface area contributed by atoms with Crippen LogP contribution in [0.25, 0.3) is 0 Å². The van der Waals surface area contributed by atoms with Crippen LogP contribution in [0, 0.1) is 0 Å². The predicted molar refractivity (Wildman–Crippen MR) is 49.2 cm³/mol. The van der Waals surface area contributed by atoms with Crippen molar-refractivity contribution in [2.45, 2.75) is 13.8 Å². The minimum Gasteiger partial charge on any atom is -0.198 e. The first-order valence-electron chi connectivity index (χ1n) is 3.49. The third-order valence-corrected chi connectivity index (χ3v) is 4.99. The fourth-order valence-electron chi connectivity index (χ4n) is 0.277. The van der Waals surface area contributed by atoms with Gasteiger partial charge < -0.3 is 0 Å². The lowest BCUT2D eigenvalue weighted by Gasteiger charge is -2.01. The summed E-state index contributed by atoms with van der Waals surface area (Å²) >= 11 is -2.83. The molecule has 0 aromatic carbocycles. The number of hydrogen-bond donors (Lipinski definition) is 0. The lowest BCUT2D eigenvalue weighted by Crippen LogP contribution is -2.16. The summed E-state index contributed by atoms with van der Waals surface area (Å²) in [5, 5.41) is 0. The molecule has 0 unspecified atom stereocenters. The Kier molecular flexibility index (Phi) is 5.15. The molecule has 10 heteroatoms. The molecule has 86 valence electrons. The molecule has 0 radical (unpaired) electrons. The fourth-order valence-corrected chi connectivity index (χ4v) is 2.70. The van der Waals surface area contributed by atoms with Crippen LogP contribution in [-0.2, 0) is 38.9 Å². The van der Waals surface area contributed by atoms with Gasteiger partial charge in [-0.1, -0.05) is 0 Å². The van der Waals surface area contributed by atoms with Crippen molar-refractivity contribution in [3.63, 3.8) is 0 Å². The minimum absolute atomic E-state index is 0.422. The molecule has 0 fully saturated rings. The van der Waals surface area contributed by atoms with Gasteiger partial charge in [-0.15, -0.1) is 7.26 Å². The normalized spacial score (nSPS) is 13.4. The van der Waals surface area contributed by atoms with Gasteiger partial charge >= 0.3 is 11.4 Å². The van der Waals surface area contributed by atoms with Gasteiger partial charge in [0.1, 0.15) is 0 Å². The molecule has 0 bridgehead atoms. The highest BCUT2D eigenvalue weighted by Gasteiger charge is 2.20. The molecule has 0 saturated heterocycles. The molecular formula is C4H10O7S3. The standard InChI is InChI=1S/C4H10O7S3/c1-3-13(6,7)10-12(5)11-14(8,9)4-2/h3-4H2,1-2H3. The highest BCUT2D eigenvalue weighted by atomic mass is 32.3. The van der Waals surface area contributed by atoms with Gasteiger partial charge in [-0.25, -0.2) is 0 Å². The Morgan fingerprint density at radius 2 is 1.21 bits per heavy atom. The third-order valence-electron chi connectivity index (χ3n) is 1.03. The monoisotopic (exact) mass is 266 g/mol. The summed E-state index contributed by atoms with van der Waals surface area (Å²) in [5.74, 6) is -0.845. The molecule has 0 aliphatic rings. The Morgan fingerprint density at radius 3 is 1.43 bits per heavy atom. The van der Waals surface area contributed by atoms with Gasteiger partial charge in [-0.2, -0.15) is 21.0 Å². The van der Waals surface area contributed by atoms with E-state index in [0.717, 1.165) is 0 Å². The highest BCUT2D eigenvalue weighted by molar-refractivity contribution is 8.00. The van der Waals surface area contributed by atoms with Gasteiger partial charge in [0.05, 0.1) is 11.5 Å². The fraction of sp³-hybridized carbons (Fsp3) is 1.00. The summed E-state index contributed by atoms with van der Waals surface area (Å²) in [6.45, 7) is 2.50. The lowest BCUT2D eigenvalue weighted by molar-refractivity contribution is 0.437. The second kappa shape index (κ2) is 5.16. The second-order valence-electron chi connectivity index (χ2n) is 2.03. The van der Waals surface area contributed by atoms with Crippen LogP contribution in [0.5, 0.6) is 0 Å². The maximum atomic E-state index is 10.7. The van der Waals surface area contributed by atoms with Gasteiger partial charge in [0.25, 0.3) is 20.2 Å². The van der Waals surface area contributed by atoms with Crippen molar-refractivity contribution in [3.05, 3.63) is 0 Å². The van der Waals surface area contributed by atoms with Gasteiger partial charge in [0.15, 0.2) is 0 Å². The van der Waals surface area contributed by atoms with E-state index in [-0.39, 0.29) is 0 Å². The zero-order chi connectivity index (χ0) is 11.4. The van der Waals surface area contributed by atoms with Gasteiger partial charge in [0.2, 0.25) is 0 Å². The molecule has 7 nitrogen and oxygen atoms in total. The molecular weight excluding hydrogens is 256 g/mol. The Bertz CT molecular complexity index is 353. The molecule has 0 aromatic heterocycles. The summed E-state index contributed by atoms with van der Waals surface area (Å²) in [6, 6.07) is 0. The van der Waals surface area contributed by atoms with Gasteiger partial charge in [-0.3, -0.25) is 0 Å². The van der Waals surface area contributed by atoms with Crippen LogP contribution in [-0.4, -0.2) is 32.6 Å². The molecule has 0 aliphatic heterocycles. The Hall–Kier alpha value is -0.0300.